The van der Waals surface area contributed by atoms with Gasteiger partial charge in [-0.1, -0.05) is 0 Å². The fraction of sp³-hybridized carbons (Fsp3) is 0.538. The number of hydrogen-bond acceptors (Lipinski definition) is 5. The lowest BCUT2D eigenvalue weighted by Crippen LogP contribution is -2.31. The Morgan fingerprint density at radius 1 is 1.48 bits per heavy atom. The Kier molecular flexibility index (Phi) is 4.62. The number of halogens is 1. The molecule has 0 bridgehead atoms. The molecule has 0 aliphatic carbocycles. The molecule has 2 atom stereocenters. The van der Waals surface area contributed by atoms with Crippen molar-refractivity contribution in [3.05, 3.63) is 12.2 Å². The number of methoxy groups -OCH3 is 1. The number of nitrogens with one attached hydrogen (secondary N) is 1. The molecule has 0 spiro atoms. The molecule has 0 radical (unpaired) electrons. The number of aromatic nitrogens is 4. The predicted molar refractivity (Wildman–Crippen MR) is 79.5 cm³/mol. The summed E-state index contributed by atoms with van der Waals surface area (Å²) in [6.45, 7) is 6.00. The van der Waals surface area contributed by atoms with E-state index in [1.54, 1.807) is 18.4 Å². The molecule has 1 amide bonds. The summed E-state index contributed by atoms with van der Waals surface area (Å²) >= 11 is 6.20. The van der Waals surface area contributed by atoms with Gasteiger partial charge in [0.05, 0.1) is 12.5 Å². The summed E-state index contributed by atoms with van der Waals surface area (Å²) in [7, 11) is 1.51. The van der Waals surface area contributed by atoms with Crippen LogP contribution in [0.4, 0.5) is 0 Å². The van der Waals surface area contributed by atoms with Gasteiger partial charge in [0, 0.05) is 6.54 Å². The zero-order valence-electron chi connectivity index (χ0n) is 12.4. The third kappa shape index (κ3) is 2.78. The molecule has 2 aromatic heterocycles. The highest BCUT2D eigenvalue weighted by Crippen LogP contribution is 2.30. The van der Waals surface area contributed by atoms with Crippen molar-refractivity contribution in [3.63, 3.8) is 0 Å². The average molecular weight is 312 g/mol. The summed E-state index contributed by atoms with van der Waals surface area (Å²) in [5.74, 6) is 0.803. The van der Waals surface area contributed by atoms with E-state index in [-0.39, 0.29) is 11.3 Å². The highest BCUT2D eigenvalue weighted by molar-refractivity contribution is 6.20. The lowest BCUT2D eigenvalue weighted by Gasteiger charge is -2.17. The van der Waals surface area contributed by atoms with E-state index in [0.29, 0.717) is 29.4 Å². The van der Waals surface area contributed by atoms with Crippen LogP contribution in [0.1, 0.15) is 38.0 Å². The van der Waals surface area contributed by atoms with Crippen LogP contribution in [0.2, 0.25) is 0 Å². The number of carbonyl (C=O) groups excluding carboxylic acids is 1. The number of rotatable bonds is 5. The van der Waals surface area contributed by atoms with E-state index in [0.717, 1.165) is 0 Å². The maximum Gasteiger partial charge on any atom is 0.245 e. The van der Waals surface area contributed by atoms with Crippen molar-refractivity contribution in [2.75, 3.05) is 13.7 Å². The first-order valence-electron chi connectivity index (χ1n) is 6.69. The van der Waals surface area contributed by atoms with Gasteiger partial charge in [-0.3, -0.25) is 9.36 Å². The number of carbonyl (C=O) groups is 1. The molecule has 7 nitrogen and oxygen atoms in total. The van der Waals surface area contributed by atoms with Crippen molar-refractivity contribution < 1.29 is 9.53 Å². The molecular formula is C13H18ClN5O2. The Morgan fingerprint density at radius 3 is 2.76 bits per heavy atom. The topological polar surface area (TPSA) is 81.9 Å². The third-order valence-corrected chi connectivity index (χ3v) is 3.33. The van der Waals surface area contributed by atoms with Crippen LogP contribution >= 0.6 is 11.6 Å². The molecule has 0 aromatic carbocycles. The molecule has 114 valence electrons. The van der Waals surface area contributed by atoms with E-state index < -0.39 is 6.04 Å². The monoisotopic (exact) mass is 311 g/mol. The number of hydrogen-bond donors (Lipinski definition) is 1. The molecule has 0 saturated carbocycles. The van der Waals surface area contributed by atoms with E-state index in [1.807, 2.05) is 6.92 Å². The van der Waals surface area contributed by atoms with Crippen molar-refractivity contribution >= 4 is 28.7 Å². The largest absolute Gasteiger partial charge is 0.479 e. The zero-order chi connectivity index (χ0) is 15.6. The fourth-order valence-corrected chi connectivity index (χ4v) is 2.31. The minimum atomic E-state index is -0.481. The number of likely N-dealkylation sites (N-methyl/N-ethyl adjacent to an activating group) is 1. The molecule has 2 heterocycles. The second kappa shape index (κ2) is 6.26. The Balaban J connectivity index is 2.64. The first-order chi connectivity index (χ1) is 10.0. The average Bonchev–Trinajstić information content (AvgIpc) is 2.86. The minimum absolute atomic E-state index is 0.118. The second-order valence-corrected chi connectivity index (χ2v) is 5.24. The molecule has 0 saturated heterocycles. The van der Waals surface area contributed by atoms with Crippen LogP contribution in [0.25, 0.3) is 11.2 Å². The van der Waals surface area contributed by atoms with Gasteiger partial charge in [-0.25, -0.2) is 9.97 Å². The van der Waals surface area contributed by atoms with E-state index in [4.69, 9.17) is 16.3 Å². The Labute approximate surface area is 127 Å². The molecule has 0 aliphatic heterocycles. The summed E-state index contributed by atoms with van der Waals surface area (Å²) in [5, 5.41) is 2.41. The lowest BCUT2D eigenvalue weighted by atomic mass is 10.3. The fourth-order valence-electron chi connectivity index (χ4n) is 2.16. The van der Waals surface area contributed by atoms with E-state index >= 15 is 0 Å². The molecule has 0 fully saturated rings. The number of amides is 1. The zero-order valence-corrected chi connectivity index (χ0v) is 13.2. The van der Waals surface area contributed by atoms with Crippen molar-refractivity contribution in [1.82, 2.24) is 24.8 Å². The van der Waals surface area contributed by atoms with Gasteiger partial charge in [0.15, 0.2) is 11.2 Å². The highest BCUT2D eigenvalue weighted by Gasteiger charge is 2.25. The molecule has 1 N–H and O–H groups in total. The van der Waals surface area contributed by atoms with Gasteiger partial charge < -0.3 is 10.1 Å². The summed E-state index contributed by atoms with van der Waals surface area (Å²) in [6.07, 6.45) is 1.38. The summed E-state index contributed by atoms with van der Waals surface area (Å²) in [6, 6.07) is -0.481. The number of alkyl halides is 1. The maximum atomic E-state index is 12.1. The number of nitrogens with zero attached hydrogens (tertiary/aromatic N) is 4. The van der Waals surface area contributed by atoms with Crippen molar-refractivity contribution in [3.8, 4) is 5.88 Å². The third-order valence-electron chi connectivity index (χ3n) is 3.14. The molecule has 2 aromatic rings. The molecule has 0 aliphatic rings. The number of ether oxygens (including phenoxy) is 1. The molecule has 21 heavy (non-hydrogen) atoms. The first-order valence-corrected chi connectivity index (χ1v) is 7.13. The van der Waals surface area contributed by atoms with Gasteiger partial charge in [0.25, 0.3) is 0 Å². The van der Waals surface area contributed by atoms with Gasteiger partial charge in [-0.05, 0) is 20.8 Å². The van der Waals surface area contributed by atoms with E-state index in [9.17, 15) is 4.79 Å². The SMILES string of the molecule is CCNC(=O)C(C)n1c(C(C)Cl)nc2c(OC)ncnc21. The van der Waals surface area contributed by atoms with E-state index in [2.05, 4.69) is 20.3 Å². The van der Waals surface area contributed by atoms with Crippen LogP contribution < -0.4 is 10.1 Å². The molecule has 2 unspecified atom stereocenters. The van der Waals surface area contributed by atoms with Crippen molar-refractivity contribution in [2.45, 2.75) is 32.2 Å². The summed E-state index contributed by atoms with van der Waals surface area (Å²) < 4.78 is 6.92. The van der Waals surface area contributed by atoms with Crippen LogP contribution in [0.5, 0.6) is 5.88 Å². The summed E-state index contributed by atoms with van der Waals surface area (Å²) in [5.41, 5.74) is 1.03. The molecule has 8 heteroatoms. The van der Waals surface area contributed by atoms with Crippen LogP contribution in [0, 0.1) is 0 Å². The van der Waals surface area contributed by atoms with Gasteiger partial charge in [-0.2, -0.15) is 4.98 Å². The Hall–Kier alpha value is -1.89. The Bertz CT molecular complexity index is 655. The van der Waals surface area contributed by atoms with Crippen molar-refractivity contribution in [1.29, 1.82) is 0 Å². The van der Waals surface area contributed by atoms with Gasteiger partial charge in [0.2, 0.25) is 11.8 Å². The highest BCUT2D eigenvalue weighted by atomic mass is 35.5. The lowest BCUT2D eigenvalue weighted by molar-refractivity contribution is -0.123. The minimum Gasteiger partial charge on any atom is -0.479 e. The van der Waals surface area contributed by atoms with Gasteiger partial charge in [-0.15, -0.1) is 11.6 Å². The van der Waals surface area contributed by atoms with Crippen LogP contribution in [-0.2, 0) is 4.79 Å². The van der Waals surface area contributed by atoms with Crippen LogP contribution in [-0.4, -0.2) is 39.1 Å². The maximum absolute atomic E-state index is 12.1. The van der Waals surface area contributed by atoms with E-state index in [1.165, 1.54) is 13.4 Å². The van der Waals surface area contributed by atoms with Crippen LogP contribution in [0.3, 0.4) is 0 Å². The first kappa shape index (κ1) is 15.5. The smallest absolute Gasteiger partial charge is 0.245 e. The van der Waals surface area contributed by atoms with Gasteiger partial charge in [0.1, 0.15) is 18.2 Å². The second-order valence-electron chi connectivity index (χ2n) is 4.58. The predicted octanol–water partition coefficient (Wildman–Crippen LogP) is 1.83. The quantitative estimate of drug-likeness (QED) is 0.852. The normalized spacial score (nSPS) is 14.0. The van der Waals surface area contributed by atoms with Gasteiger partial charge >= 0.3 is 0 Å². The molecular weight excluding hydrogens is 294 g/mol. The summed E-state index contributed by atoms with van der Waals surface area (Å²) in [4.78, 5) is 24.8. The molecule has 2 rings (SSSR count). The number of fused-ring (bicyclic) bond motifs is 1. The Morgan fingerprint density at radius 2 is 2.19 bits per heavy atom. The van der Waals surface area contributed by atoms with Crippen molar-refractivity contribution in [2.24, 2.45) is 0 Å². The standard InChI is InChI=1S/C13H18ClN5O2/c1-5-15-12(20)8(3)19-10(7(2)14)18-9-11(19)16-6-17-13(9)21-4/h6-8H,5H2,1-4H3,(H,15,20). The number of imidazole rings is 1. The van der Waals surface area contributed by atoms with Crippen LogP contribution in [0.15, 0.2) is 6.33 Å².